The average Bonchev–Trinajstić information content (AvgIpc) is 3.00. The summed E-state index contributed by atoms with van der Waals surface area (Å²) in [5.74, 6) is 1.95. The first-order chi connectivity index (χ1) is 12.1. The molecule has 1 aliphatic carbocycles. The topological polar surface area (TPSA) is 89.1 Å². The molecule has 1 saturated carbocycles. The second-order valence-electron chi connectivity index (χ2n) is 6.65. The van der Waals surface area contributed by atoms with Gasteiger partial charge in [0.25, 0.3) is 0 Å². The number of amides is 1. The van der Waals surface area contributed by atoms with E-state index >= 15 is 0 Å². The highest BCUT2D eigenvalue weighted by molar-refractivity contribution is 8.00. The maximum absolute atomic E-state index is 12.4. The predicted molar refractivity (Wildman–Crippen MR) is 94.9 cm³/mol. The summed E-state index contributed by atoms with van der Waals surface area (Å²) in [5, 5.41) is 15.9. The lowest BCUT2D eigenvalue weighted by molar-refractivity contribution is -0.115. The normalized spacial score (nSPS) is 18.6. The van der Waals surface area contributed by atoms with Crippen molar-refractivity contribution in [2.75, 3.05) is 23.3 Å². The van der Waals surface area contributed by atoms with Gasteiger partial charge in [-0.25, -0.2) is 0 Å². The zero-order chi connectivity index (χ0) is 17.4. The second-order valence-corrected chi connectivity index (χ2v) is 7.96. The first kappa shape index (κ1) is 16.4. The Balaban J connectivity index is 1.47. The Morgan fingerprint density at radius 2 is 2.12 bits per heavy atom. The van der Waals surface area contributed by atoms with Gasteiger partial charge in [0.1, 0.15) is 5.76 Å². The third-order valence-electron chi connectivity index (χ3n) is 4.48. The molecule has 4 rings (SSSR count). The van der Waals surface area contributed by atoms with Crippen LogP contribution >= 0.6 is 11.8 Å². The van der Waals surface area contributed by atoms with Crippen molar-refractivity contribution in [3.63, 3.8) is 0 Å². The molecule has 2 aromatic heterocycles. The van der Waals surface area contributed by atoms with Crippen LogP contribution in [-0.2, 0) is 4.79 Å². The van der Waals surface area contributed by atoms with Gasteiger partial charge in [-0.2, -0.15) is 0 Å². The molecule has 1 saturated heterocycles. The fourth-order valence-corrected chi connectivity index (χ4v) is 3.91. The molecule has 1 atom stereocenters. The van der Waals surface area contributed by atoms with Gasteiger partial charge in [-0.05, 0) is 39.5 Å². The number of aromatic nitrogens is 4. The zero-order valence-electron chi connectivity index (χ0n) is 14.4. The molecule has 0 spiro atoms. The third-order valence-corrected chi connectivity index (χ3v) is 5.53. The van der Waals surface area contributed by atoms with E-state index in [1.54, 1.807) is 13.0 Å². The number of hydrogen-bond donors (Lipinski definition) is 1. The first-order valence-electron chi connectivity index (χ1n) is 8.72. The first-order valence-corrected chi connectivity index (χ1v) is 9.60. The molecule has 0 bridgehead atoms. The molecule has 25 heavy (non-hydrogen) atoms. The Morgan fingerprint density at radius 3 is 2.76 bits per heavy atom. The fourth-order valence-electron chi connectivity index (χ4n) is 3.00. The van der Waals surface area contributed by atoms with Gasteiger partial charge in [-0.1, -0.05) is 16.9 Å². The van der Waals surface area contributed by atoms with Gasteiger partial charge in [0.05, 0.1) is 5.25 Å². The van der Waals surface area contributed by atoms with Crippen LogP contribution in [-0.4, -0.2) is 44.2 Å². The van der Waals surface area contributed by atoms with Crippen LogP contribution in [0.5, 0.6) is 0 Å². The second kappa shape index (κ2) is 6.70. The highest BCUT2D eigenvalue weighted by atomic mass is 32.2. The molecule has 134 valence electrons. The predicted octanol–water partition coefficient (Wildman–Crippen LogP) is 2.63. The summed E-state index contributed by atoms with van der Waals surface area (Å²) < 4.78 is 7.20. The number of carbonyl (C=O) groups excluding carboxylic acids is 1. The van der Waals surface area contributed by atoms with E-state index in [0.717, 1.165) is 37.0 Å². The quantitative estimate of drug-likeness (QED) is 0.790. The summed E-state index contributed by atoms with van der Waals surface area (Å²) in [6.07, 6.45) is 4.72. The van der Waals surface area contributed by atoms with E-state index in [0.29, 0.717) is 17.6 Å². The number of hydrogen-bond acceptors (Lipinski definition) is 7. The Hall–Kier alpha value is -2.03. The monoisotopic (exact) mass is 362 g/mol. The molecule has 1 N–H and O–H groups in total. The summed E-state index contributed by atoms with van der Waals surface area (Å²) in [6.45, 7) is 5.74. The molecular formula is C16H22N6O2S. The molecule has 2 aliphatic rings. The van der Waals surface area contributed by atoms with E-state index in [4.69, 9.17) is 4.52 Å². The lowest BCUT2D eigenvalue weighted by atomic mass is 10.4. The van der Waals surface area contributed by atoms with Crippen LogP contribution in [0, 0.1) is 6.92 Å². The Kier molecular flexibility index (Phi) is 4.41. The van der Waals surface area contributed by atoms with Gasteiger partial charge >= 0.3 is 0 Å². The summed E-state index contributed by atoms with van der Waals surface area (Å²) in [6, 6.07) is 2.18. The molecule has 2 aromatic rings. The molecule has 3 heterocycles. The van der Waals surface area contributed by atoms with Crippen molar-refractivity contribution in [2.45, 2.75) is 56.0 Å². The number of nitrogens with zero attached hydrogens (tertiary/aromatic N) is 5. The standard InChI is InChI=1S/C16H22N6O2S/c1-10-9-13(20-24-10)17-14(23)11(2)25-16-19-18-15(21-7-3-4-8-21)22(16)12-5-6-12/h9,11-12H,3-8H2,1-2H3,(H,17,20,23)/t11-/m1/s1. The van der Waals surface area contributed by atoms with Crippen LogP contribution in [0.3, 0.4) is 0 Å². The van der Waals surface area contributed by atoms with Gasteiger partial charge in [-0.15, -0.1) is 10.2 Å². The number of nitrogens with one attached hydrogen (secondary N) is 1. The number of thioether (sulfide) groups is 1. The van der Waals surface area contributed by atoms with E-state index in [2.05, 4.69) is 30.1 Å². The summed E-state index contributed by atoms with van der Waals surface area (Å²) in [4.78, 5) is 14.7. The molecule has 1 amide bonds. The van der Waals surface area contributed by atoms with Gasteiger partial charge in [0.15, 0.2) is 11.0 Å². The van der Waals surface area contributed by atoms with E-state index in [1.807, 2.05) is 6.92 Å². The van der Waals surface area contributed by atoms with Crippen LogP contribution in [0.4, 0.5) is 11.8 Å². The Morgan fingerprint density at radius 1 is 1.36 bits per heavy atom. The molecule has 0 aromatic carbocycles. The minimum absolute atomic E-state index is 0.119. The summed E-state index contributed by atoms with van der Waals surface area (Å²) in [5.41, 5.74) is 0. The smallest absolute Gasteiger partial charge is 0.238 e. The van der Waals surface area contributed by atoms with Gasteiger partial charge < -0.3 is 14.7 Å². The van der Waals surface area contributed by atoms with Crippen LogP contribution < -0.4 is 10.2 Å². The molecule has 8 nitrogen and oxygen atoms in total. The van der Waals surface area contributed by atoms with Crippen molar-refractivity contribution in [2.24, 2.45) is 0 Å². The highest BCUT2D eigenvalue weighted by Gasteiger charge is 2.33. The third kappa shape index (κ3) is 3.51. The van der Waals surface area contributed by atoms with E-state index in [9.17, 15) is 4.79 Å². The average molecular weight is 362 g/mol. The molecular weight excluding hydrogens is 340 g/mol. The van der Waals surface area contributed by atoms with Crippen LogP contribution in [0.2, 0.25) is 0 Å². The molecule has 0 radical (unpaired) electrons. The van der Waals surface area contributed by atoms with E-state index in [1.165, 1.54) is 24.6 Å². The van der Waals surface area contributed by atoms with Crippen molar-refractivity contribution < 1.29 is 9.32 Å². The van der Waals surface area contributed by atoms with Crippen LogP contribution in [0.1, 0.15) is 44.4 Å². The molecule has 1 aliphatic heterocycles. The fraction of sp³-hybridized carbons (Fsp3) is 0.625. The maximum atomic E-state index is 12.4. The SMILES string of the molecule is Cc1cc(NC(=O)[C@@H](C)Sc2nnc(N3CCCC3)n2C2CC2)no1. The van der Waals surface area contributed by atoms with Gasteiger partial charge in [0, 0.05) is 25.2 Å². The van der Waals surface area contributed by atoms with E-state index < -0.39 is 0 Å². The zero-order valence-corrected chi connectivity index (χ0v) is 15.3. The van der Waals surface area contributed by atoms with Crippen molar-refractivity contribution in [3.8, 4) is 0 Å². The lowest BCUT2D eigenvalue weighted by Gasteiger charge is -2.18. The van der Waals surface area contributed by atoms with Crippen molar-refractivity contribution >= 4 is 29.4 Å². The van der Waals surface area contributed by atoms with E-state index in [-0.39, 0.29) is 11.2 Å². The number of aryl methyl sites for hydroxylation is 1. The number of anilines is 2. The number of carbonyl (C=O) groups is 1. The van der Waals surface area contributed by atoms with Crippen molar-refractivity contribution in [1.82, 2.24) is 19.9 Å². The van der Waals surface area contributed by atoms with Crippen molar-refractivity contribution in [3.05, 3.63) is 11.8 Å². The largest absolute Gasteiger partial charge is 0.360 e. The minimum Gasteiger partial charge on any atom is -0.360 e. The summed E-state index contributed by atoms with van der Waals surface area (Å²) in [7, 11) is 0. The van der Waals surface area contributed by atoms with Crippen molar-refractivity contribution in [1.29, 1.82) is 0 Å². The lowest BCUT2D eigenvalue weighted by Crippen LogP contribution is -2.24. The molecule has 9 heteroatoms. The minimum atomic E-state index is -0.301. The van der Waals surface area contributed by atoms with Crippen LogP contribution in [0.25, 0.3) is 0 Å². The maximum Gasteiger partial charge on any atom is 0.238 e. The summed E-state index contributed by atoms with van der Waals surface area (Å²) >= 11 is 1.44. The van der Waals surface area contributed by atoms with Gasteiger partial charge in [-0.3, -0.25) is 9.36 Å². The van der Waals surface area contributed by atoms with Crippen LogP contribution in [0.15, 0.2) is 15.7 Å². The Labute approximate surface area is 150 Å². The van der Waals surface area contributed by atoms with Gasteiger partial charge in [0.2, 0.25) is 11.9 Å². The molecule has 2 fully saturated rings. The highest BCUT2D eigenvalue weighted by Crippen LogP contribution is 2.42. The number of rotatable bonds is 6. The Bertz CT molecular complexity index is 763. The molecule has 0 unspecified atom stereocenters.